The van der Waals surface area contributed by atoms with Crippen molar-refractivity contribution in [3.05, 3.63) is 29.6 Å². The van der Waals surface area contributed by atoms with Crippen molar-refractivity contribution < 1.29 is 14.4 Å². The van der Waals surface area contributed by atoms with Crippen LogP contribution in [0.5, 0.6) is 5.75 Å². The van der Waals surface area contributed by atoms with Crippen LogP contribution >= 0.6 is 0 Å². The second-order valence-electron chi connectivity index (χ2n) is 4.97. The molecule has 1 N–H and O–H groups in total. The summed E-state index contributed by atoms with van der Waals surface area (Å²) in [5.74, 6) is 1.67. The van der Waals surface area contributed by atoms with E-state index in [2.05, 4.69) is 10.1 Å². The van der Waals surface area contributed by atoms with E-state index in [1.807, 2.05) is 19.1 Å². The Bertz CT molecular complexity index is 574. The van der Waals surface area contributed by atoms with E-state index in [9.17, 15) is 5.11 Å². The minimum absolute atomic E-state index is 0.157. The molecule has 1 aliphatic heterocycles. The van der Waals surface area contributed by atoms with E-state index in [1.165, 1.54) is 0 Å². The molecule has 1 saturated heterocycles. The van der Waals surface area contributed by atoms with Crippen molar-refractivity contribution in [2.75, 3.05) is 13.2 Å². The quantitative estimate of drug-likeness (QED) is 0.917. The number of benzene rings is 1. The smallest absolute Gasteiger partial charge is 0.261 e. The molecule has 1 aromatic heterocycles. The highest BCUT2D eigenvalue weighted by Gasteiger charge is 2.20. The Morgan fingerprint density at radius 2 is 2.32 bits per heavy atom. The molecule has 1 unspecified atom stereocenters. The highest BCUT2D eigenvalue weighted by atomic mass is 16.5. The van der Waals surface area contributed by atoms with Gasteiger partial charge >= 0.3 is 0 Å². The number of phenols is 1. The van der Waals surface area contributed by atoms with Gasteiger partial charge in [-0.2, -0.15) is 4.98 Å². The Kier molecular flexibility index (Phi) is 3.21. The fourth-order valence-electron chi connectivity index (χ4n) is 2.27. The number of hydrogen-bond acceptors (Lipinski definition) is 5. The van der Waals surface area contributed by atoms with Crippen LogP contribution < -0.4 is 0 Å². The van der Waals surface area contributed by atoms with Gasteiger partial charge < -0.3 is 14.4 Å². The van der Waals surface area contributed by atoms with Crippen LogP contribution in [0.25, 0.3) is 11.5 Å². The molecule has 0 bridgehead atoms. The van der Waals surface area contributed by atoms with Crippen molar-refractivity contribution in [2.24, 2.45) is 5.92 Å². The number of aromatic nitrogens is 2. The summed E-state index contributed by atoms with van der Waals surface area (Å²) >= 11 is 0. The third-order valence-corrected chi connectivity index (χ3v) is 3.35. The average Bonchev–Trinajstić information content (AvgIpc) is 3.04. The molecule has 5 nitrogen and oxygen atoms in total. The van der Waals surface area contributed by atoms with Crippen molar-refractivity contribution in [2.45, 2.75) is 19.8 Å². The molecule has 1 atom stereocenters. The maximum absolute atomic E-state index is 9.83. The molecule has 1 fully saturated rings. The van der Waals surface area contributed by atoms with Crippen LogP contribution in [0.15, 0.2) is 22.7 Å². The third kappa shape index (κ3) is 2.61. The lowest BCUT2D eigenvalue weighted by Crippen LogP contribution is -2.04. The molecule has 1 aliphatic rings. The van der Waals surface area contributed by atoms with Gasteiger partial charge in [0.15, 0.2) is 5.82 Å². The fraction of sp³-hybridized carbons (Fsp3) is 0.429. The molecule has 1 aromatic carbocycles. The van der Waals surface area contributed by atoms with E-state index in [0.717, 1.165) is 31.6 Å². The van der Waals surface area contributed by atoms with Crippen LogP contribution in [0.4, 0.5) is 0 Å². The average molecular weight is 260 g/mol. The second kappa shape index (κ2) is 5.01. The molecular weight excluding hydrogens is 244 g/mol. The number of nitrogens with zero attached hydrogens (tertiary/aromatic N) is 2. The van der Waals surface area contributed by atoms with Crippen molar-refractivity contribution in [1.29, 1.82) is 0 Å². The molecule has 19 heavy (non-hydrogen) atoms. The first-order chi connectivity index (χ1) is 9.22. The van der Waals surface area contributed by atoms with Gasteiger partial charge in [-0.05, 0) is 31.4 Å². The number of aryl methyl sites for hydroxylation is 1. The normalized spacial score (nSPS) is 18.9. The van der Waals surface area contributed by atoms with E-state index in [4.69, 9.17) is 9.26 Å². The Morgan fingerprint density at radius 3 is 3.11 bits per heavy atom. The molecule has 0 saturated carbocycles. The first-order valence-electron chi connectivity index (χ1n) is 6.42. The predicted molar refractivity (Wildman–Crippen MR) is 68.8 cm³/mol. The molecule has 0 spiro atoms. The van der Waals surface area contributed by atoms with Gasteiger partial charge in [-0.3, -0.25) is 0 Å². The number of ether oxygens (including phenoxy) is 1. The Hall–Kier alpha value is -1.88. The van der Waals surface area contributed by atoms with Gasteiger partial charge in [0, 0.05) is 19.6 Å². The lowest BCUT2D eigenvalue weighted by molar-refractivity contribution is 0.185. The fourth-order valence-corrected chi connectivity index (χ4v) is 2.27. The van der Waals surface area contributed by atoms with Gasteiger partial charge in [0.2, 0.25) is 0 Å². The minimum atomic E-state index is 0.157. The topological polar surface area (TPSA) is 68.4 Å². The lowest BCUT2D eigenvalue weighted by atomic mass is 10.1. The van der Waals surface area contributed by atoms with Gasteiger partial charge in [0.25, 0.3) is 5.89 Å². The van der Waals surface area contributed by atoms with Crippen LogP contribution in [0, 0.1) is 12.8 Å². The lowest BCUT2D eigenvalue weighted by Gasteiger charge is -2.01. The van der Waals surface area contributed by atoms with E-state index in [1.54, 1.807) is 6.07 Å². The predicted octanol–water partition coefficient (Wildman–Crippen LogP) is 2.33. The summed E-state index contributed by atoms with van der Waals surface area (Å²) in [6.45, 7) is 3.53. The highest BCUT2D eigenvalue weighted by Crippen LogP contribution is 2.29. The molecule has 5 heteroatoms. The van der Waals surface area contributed by atoms with Crippen molar-refractivity contribution in [3.63, 3.8) is 0 Å². The maximum atomic E-state index is 9.83. The van der Waals surface area contributed by atoms with Gasteiger partial charge in [-0.1, -0.05) is 16.8 Å². The zero-order chi connectivity index (χ0) is 13.2. The molecule has 100 valence electrons. The van der Waals surface area contributed by atoms with Crippen LogP contribution in [0.3, 0.4) is 0 Å². The van der Waals surface area contributed by atoms with Gasteiger partial charge in [0.1, 0.15) is 5.75 Å². The van der Waals surface area contributed by atoms with Crippen molar-refractivity contribution in [3.8, 4) is 17.2 Å². The first kappa shape index (κ1) is 12.2. The van der Waals surface area contributed by atoms with Gasteiger partial charge in [-0.25, -0.2) is 0 Å². The summed E-state index contributed by atoms with van der Waals surface area (Å²) in [4.78, 5) is 4.35. The van der Waals surface area contributed by atoms with Crippen LogP contribution in [0.2, 0.25) is 0 Å². The Morgan fingerprint density at radius 1 is 1.42 bits per heavy atom. The Balaban J connectivity index is 1.82. The summed E-state index contributed by atoms with van der Waals surface area (Å²) in [6, 6.07) is 5.32. The van der Waals surface area contributed by atoms with Crippen molar-refractivity contribution >= 4 is 0 Å². The first-order valence-corrected chi connectivity index (χ1v) is 6.42. The highest BCUT2D eigenvalue weighted by molar-refractivity contribution is 5.62. The molecule has 0 radical (unpaired) electrons. The summed E-state index contributed by atoms with van der Waals surface area (Å²) in [7, 11) is 0. The molecule has 0 aliphatic carbocycles. The zero-order valence-electron chi connectivity index (χ0n) is 10.8. The summed E-state index contributed by atoms with van der Waals surface area (Å²) in [6.07, 6.45) is 1.80. The molecular formula is C14H16N2O3. The standard InChI is InChI=1S/C14H16N2O3/c1-9-2-3-12(17)11(6-9)14-15-13(16-19-14)7-10-4-5-18-8-10/h2-3,6,10,17H,4-5,7-8H2,1H3. The molecule has 2 heterocycles. The summed E-state index contributed by atoms with van der Waals surface area (Å²) in [5, 5.41) is 13.8. The maximum Gasteiger partial charge on any atom is 0.261 e. The number of hydrogen-bond donors (Lipinski definition) is 1. The second-order valence-corrected chi connectivity index (χ2v) is 4.97. The third-order valence-electron chi connectivity index (χ3n) is 3.35. The van der Waals surface area contributed by atoms with Crippen LogP contribution in [-0.4, -0.2) is 28.5 Å². The zero-order valence-corrected chi connectivity index (χ0v) is 10.8. The van der Waals surface area contributed by atoms with E-state index >= 15 is 0 Å². The largest absolute Gasteiger partial charge is 0.507 e. The van der Waals surface area contributed by atoms with E-state index in [0.29, 0.717) is 23.2 Å². The van der Waals surface area contributed by atoms with E-state index < -0.39 is 0 Å². The number of aromatic hydroxyl groups is 1. The molecule has 0 amide bonds. The molecule has 2 aromatic rings. The van der Waals surface area contributed by atoms with Crippen molar-refractivity contribution in [1.82, 2.24) is 10.1 Å². The number of phenolic OH excluding ortho intramolecular Hbond substituents is 1. The number of rotatable bonds is 3. The monoisotopic (exact) mass is 260 g/mol. The van der Waals surface area contributed by atoms with Crippen LogP contribution in [0.1, 0.15) is 17.8 Å². The van der Waals surface area contributed by atoms with Gasteiger partial charge in [0.05, 0.1) is 5.56 Å². The molecule has 3 rings (SSSR count). The minimum Gasteiger partial charge on any atom is -0.507 e. The summed E-state index contributed by atoms with van der Waals surface area (Å²) < 4.78 is 10.6. The van der Waals surface area contributed by atoms with Crippen LogP contribution in [-0.2, 0) is 11.2 Å². The Labute approximate surface area is 111 Å². The van der Waals surface area contributed by atoms with E-state index in [-0.39, 0.29) is 5.75 Å². The summed E-state index contributed by atoms with van der Waals surface area (Å²) in [5.41, 5.74) is 1.62. The SMILES string of the molecule is Cc1ccc(O)c(-c2nc(CC3CCOC3)no2)c1. The van der Waals surface area contributed by atoms with Gasteiger partial charge in [-0.15, -0.1) is 0 Å².